The molecule has 23 heavy (non-hydrogen) atoms. The minimum atomic E-state index is 0.0293. The third-order valence-electron chi connectivity index (χ3n) is 4.26. The van der Waals surface area contributed by atoms with E-state index in [0.29, 0.717) is 5.56 Å². The highest BCUT2D eigenvalue weighted by Crippen LogP contribution is 2.39. The van der Waals surface area contributed by atoms with Crippen LogP contribution < -0.4 is 10.2 Å². The Hall–Kier alpha value is -2.80. The zero-order valence-corrected chi connectivity index (χ0v) is 13.3. The molecule has 0 aromatic heterocycles. The summed E-state index contributed by atoms with van der Waals surface area (Å²) in [5.41, 5.74) is 3.54. The summed E-state index contributed by atoms with van der Waals surface area (Å²) in [4.78, 5) is 13.9. The van der Waals surface area contributed by atoms with Gasteiger partial charge in [-0.05, 0) is 49.2 Å². The standard InChI is InChI=1S/C19H19N3O/c1-13-10-18(21-16-6-4-3-5-7-16)17-11-15(12-20)8-9-19(17)22(13)14(2)23/h3-9,11,13,18,21H,10H2,1-2H3. The fraction of sp³-hybridized carbons (Fsp3) is 0.263. The van der Waals surface area contributed by atoms with Gasteiger partial charge < -0.3 is 10.2 Å². The maximum atomic E-state index is 12.0. The minimum Gasteiger partial charge on any atom is -0.378 e. The predicted molar refractivity (Wildman–Crippen MR) is 91.2 cm³/mol. The van der Waals surface area contributed by atoms with Crippen LogP contribution in [0.25, 0.3) is 0 Å². The number of nitrogens with zero attached hydrogens (tertiary/aromatic N) is 2. The van der Waals surface area contributed by atoms with E-state index in [1.807, 2.05) is 47.4 Å². The molecule has 2 aromatic carbocycles. The molecular formula is C19H19N3O. The number of anilines is 2. The Kier molecular flexibility index (Phi) is 4.03. The van der Waals surface area contributed by atoms with Crippen LogP contribution in [0, 0.1) is 11.3 Å². The van der Waals surface area contributed by atoms with Crippen molar-refractivity contribution in [1.29, 1.82) is 5.26 Å². The lowest BCUT2D eigenvalue weighted by molar-refractivity contribution is -0.117. The van der Waals surface area contributed by atoms with Gasteiger partial charge in [0.25, 0.3) is 0 Å². The normalized spacial score (nSPS) is 19.6. The zero-order valence-electron chi connectivity index (χ0n) is 13.3. The maximum Gasteiger partial charge on any atom is 0.224 e. The van der Waals surface area contributed by atoms with Gasteiger partial charge in [0.2, 0.25) is 5.91 Å². The molecule has 4 nitrogen and oxygen atoms in total. The van der Waals surface area contributed by atoms with E-state index >= 15 is 0 Å². The van der Waals surface area contributed by atoms with Gasteiger partial charge in [-0.3, -0.25) is 4.79 Å². The number of carbonyl (C=O) groups excluding carboxylic acids is 1. The molecule has 0 saturated carbocycles. The molecule has 0 fully saturated rings. The van der Waals surface area contributed by atoms with E-state index in [-0.39, 0.29) is 18.0 Å². The highest BCUT2D eigenvalue weighted by atomic mass is 16.2. The van der Waals surface area contributed by atoms with E-state index in [0.717, 1.165) is 23.4 Å². The summed E-state index contributed by atoms with van der Waals surface area (Å²) in [7, 11) is 0. The molecule has 1 amide bonds. The quantitative estimate of drug-likeness (QED) is 0.916. The maximum absolute atomic E-state index is 12.0. The number of nitrogens with one attached hydrogen (secondary N) is 1. The van der Waals surface area contributed by atoms with E-state index < -0.39 is 0 Å². The number of nitriles is 1. The lowest BCUT2D eigenvalue weighted by Gasteiger charge is -2.39. The third kappa shape index (κ3) is 2.91. The zero-order chi connectivity index (χ0) is 16.4. The molecule has 2 aromatic rings. The number of amides is 1. The molecule has 116 valence electrons. The van der Waals surface area contributed by atoms with Crippen molar-refractivity contribution in [1.82, 2.24) is 0 Å². The van der Waals surface area contributed by atoms with Crippen molar-refractivity contribution in [3.63, 3.8) is 0 Å². The van der Waals surface area contributed by atoms with Crippen molar-refractivity contribution in [3.8, 4) is 6.07 Å². The molecule has 1 heterocycles. The van der Waals surface area contributed by atoms with Gasteiger partial charge in [0.05, 0.1) is 17.7 Å². The monoisotopic (exact) mass is 305 g/mol. The third-order valence-corrected chi connectivity index (χ3v) is 4.26. The second-order valence-corrected chi connectivity index (χ2v) is 5.92. The summed E-state index contributed by atoms with van der Waals surface area (Å²) >= 11 is 0. The first-order valence-corrected chi connectivity index (χ1v) is 7.75. The molecule has 1 aliphatic heterocycles. The summed E-state index contributed by atoms with van der Waals surface area (Å²) in [6, 6.07) is 17.9. The number of para-hydroxylation sites is 1. The van der Waals surface area contributed by atoms with E-state index in [4.69, 9.17) is 0 Å². The lowest BCUT2D eigenvalue weighted by Crippen LogP contribution is -2.43. The minimum absolute atomic E-state index is 0.0293. The van der Waals surface area contributed by atoms with Gasteiger partial charge in [-0.1, -0.05) is 18.2 Å². The molecular weight excluding hydrogens is 286 g/mol. The lowest BCUT2D eigenvalue weighted by atomic mass is 9.90. The topological polar surface area (TPSA) is 56.1 Å². The highest BCUT2D eigenvalue weighted by molar-refractivity contribution is 5.94. The average Bonchev–Trinajstić information content (AvgIpc) is 2.55. The average molecular weight is 305 g/mol. The smallest absolute Gasteiger partial charge is 0.224 e. The van der Waals surface area contributed by atoms with Crippen LogP contribution in [-0.2, 0) is 4.79 Å². The number of hydrogen-bond acceptors (Lipinski definition) is 3. The van der Waals surface area contributed by atoms with Crippen LogP contribution in [0.4, 0.5) is 11.4 Å². The second-order valence-electron chi connectivity index (χ2n) is 5.92. The predicted octanol–water partition coefficient (Wildman–Crippen LogP) is 3.86. The molecule has 3 rings (SSSR count). The molecule has 2 atom stereocenters. The van der Waals surface area contributed by atoms with Crippen molar-refractivity contribution in [2.45, 2.75) is 32.4 Å². The first-order valence-electron chi connectivity index (χ1n) is 7.75. The number of fused-ring (bicyclic) bond motifs is 1. The molecule has 0 bridgehead atoms. The van der Waals surface area contributed by atoms with Gasteiger partial charge in [-0.15, -0.1) is 0 Å². The van der Waals surface area contributed by atoms with Gasteiger partial charge >= 0.3 is 0 Å². The van der Waals surface area contributed by atoms with Gasteiger partial charge in [0, 0.05) is 24.3 Å². The van der Waals surface area contributed by atoms with Crippen LogP contribution >= 0.6 is 0 Å². The Morgan fingerprint density at radius 3 is 2.65 bits per heavy atom. The van der Waals surface area contributed by atoms with Crippen molar-refractivity contribution in [3.05, 3.63) is 59.7 Å². The van der Waals surface area contributed by atoms with E-state index in [9.17, 15) is 10.1 Å². The van der Waals surface area contributed by atoms with Crippen molar-refractivity contribution in [2.75, 3.05) is 10.2 Å². The molecule has 0 spiro atoms. The van der Waals surface area contributed by atoms with Crippen molar-refractivity contribution in [2.24, 2.45) is 0 Å². The Labute approximate surface area is 136 Å². The Bertz CT molecular complexity index is 764. The number of benzene rings is 2. The Balaban J connectivity index is 2.04. The van der Waals surface area contributed by atoms with Crippen LogP contribution in [0.5, 0.6) is 0 Å². The summed E-state index contributed by atoms with van der Waals surface area (Å²) in [6.45, 7) is 3.64. The van der Waals surface area contributed by atoms with Gasteiger partial charge in [0.1, 0.15) is 0 Å². The Morgan fingerprint density at radius 1 is 1.26 bits per heavy atom. The van der Waals surface area contributed by atoms with E-state index in [2.05, 4.69) is 18.3 Å². The van der Waals surface area contributed by atoms with E-state index in [1.165, 1.54) is 0 Å². The molecule has 0 saturated heterocycles. The summed E-state index contributed by atoms with van der Waals surface area (Å²) in [5.74, 6) is 0.0293. The summed E-state index contributed by atoms with van der Waals surface area (Å²) in [5, 5.41) is 12.7. The van der Waals surface area contributed by atoms with Crippen LogP contribution in [0.2, 0.25) is 0 Å². The van der Waals surface area contributed by atoms with Crippen LogP contribution in [0.15, 0.2) is 48.5 Å². The number of carbonyl (C=O) groups is 1. The number of rotatable bonds is 2. The first-order chi connectivity index (χ1) is 11.1. The highest BCUT2D eigenvalue weighted by Gasteiger charge is 2.32. The fourth-order valence-electron chi connectivity index (χ4n) is 3.29. The first kappa shape index (κ1) is 15.1. The van der Waals surface area contributed by atoms with Gasteiger partial charge in [-0.25, -0.2) is 0 Å². The molecule has 0 aliphatic carbocycles. The molecule has 0 radical (unpaired) electrons. The summed E-state index contributed by atoms with van der Waals surface area (Å²) in [6.07, 6.45) is 0.802. The van der Waals surface area contributed by atoms with Crippen molar-refractivity contribution < 1.29 is 4.79 Å². The molecule has 1 aliphatic rings. The van der Waals surface area contributed by atoms with Crippen molar-refractivity contribution >= 4 is 17.3 Å². The van der Waals surface area contributed by atoms with Crippen LogP contribution in [0.1, 0.15) is 37.4 Å². The molecule has 1 N–H and O–H groups in total. The van der Waals surface area contributed by atoms with Gasteiger partial charge in [0.15, 0.2) is 0 Å². The molecule has 4 heteroatoms. The van der Waals surface area contributed by atoms with Gasteiger partial charge in [-0.2, -0.15) is 5.26 Å². The summed E-state index contributed by atoms with van der Waals surface area (Å²) < 4.78 is 0. The largest absolute Gasteiger partial charge is 0.378 e. The Morgan fingerprint density at radius 2 is 2.00 bits per heavy atom. The SMILES string of the molecule is CC(=O)N1c2ccc(C#N)cc2C(Nc2ccccc2)CC1C. The van der Waals surface area contributed by atoms with E-state index in [1.54, 1.807) is 13.0 Å². The fourth-order valence-corrected chi connectivity index (χ4v) is 3.29. The van der Waals surface area contributed by atoms with Crippen LogP contribution in [0.3, 0.4) is 0 Å². The number of hydrogen-bond donors (Lipinski definition) is 1. The van der Waals surface area contributed by atoms with Crippen LogP contribution in [-0.4, -0.2) is 11.9 Å². The molecule has 2 unspecified atom stereocenters. The second kappa shape index (κ2) is 6.13.